The lowest BCUT2D eigenvalue weighted by molar-refractivity contribution is 0.207. The van der Waals surface area contributed by atoms with Crippen LogP contribution in [0.3, 0.4) is 0 Å². The number of carbonyl (C=O) groups excluding carboxylic acids is 1. The predicted molar refractivity (Wildman–Crippen MR) is 64.7 cm³/mol. The molecule has 0 saturated carbocycles. The molecular formula is C11H17NO2Si. The van der Waals surface area contributed by atoms with Crippen LogP contribution in [-0.4, -0.2) is 21.5 Å². The molecule has 1 rings (SSSR count). The van der Waals surface area contributed by atoms with Crippen LogP contribution >= 0.6 is 0 Å². The molecule has 0 aliphatic rings. The van der Waals surface area contributed by atoms with Crippen molar-refractivity contribution in [1.29, 1.82) is 0 Å². The highest BCUT2D eigenvalue weighted by atomic mass is 28.4. The van der Waals surface area contributed by atoms with Crippen LogP contribution in [0.4, 0.5) is 10.5 Å². The number of nitrogens with zero attached hydrogens (tertiary/aromatic N) is 1. The molecule has 3 nitrogen and oxygen atoms in total. The molecule has 4 heteroatoms. The maximum absolute atomic E-state index is 11.7. The van der Waals surface area contributed by atoms with Crippen LogP contribution < -0.4 is 4.90 Å². The van der Waals surface area contributed by atoms with E-state index < -0.39 is 8.32 Å². The summed E-state index contributed by atoms with van der Waals surface area (Å²) in [6, 6.07) is 9.47. The highest BCUT2D eigenvalue weighted by molar-refractivity contribution is 6.71. The minimum Gasteiger partial charge on any atom is -0.504 e. The SMILES string of the molecule is CN(C(=O)O[Si](C)(C)C)c1ccccc1. The van der Waals surface area contributed by atoms with Crippen LogP contribution in [0, 0.1) is 0 Å². The highest BCUT2D eigenvalue weighted by Gasteiger charge is 2.22. The van der Waals surface area contributed by atoms with E-state index in [2.05, 4.69) is 0 Å². The van der Waals surface area contributed by atoms with E-state index in [1.165, 1.54) is 4.90 Å². The van der Waals surface area contributed by atoms with E-state index in [4.69, 9.17) is 4.43 Å². The van der Waals surface area contributed by atoms with Crippen molar-refractivity contribution in [1.82, 2.24) is 0 Å². The molecule has 0 heterocycles. The molecule has 82 valence electrons. The van der Waals surface area contributed by atoms with Crippen molar-refractivity contribution >= 4 is 20.1 Å². The van der Waals surface area contributed by atoms with Crippen molar-refractivity contribution in [2.75, 3.05) is 11.9 Å². The van der Waals surface area contributed by atoms with E-state index in [1.54, 1.807) is 7.05 Å². The van der Waals surface area contributed by atoms with Gasteiger partial charge in [-0.1, -0.05) is 18.2 Å². The maximum Gasteiger partial charge on any atom is 0.400 e. The van der Waals surface area contributed by atoms with Gasteiger partial charge in [-0.25, -0.2) is 4.79 Å². The van der Waals surface area contributed by atoms with Gasteiger partial charge in [0.05, 0.1) is 0 Å². The fourth-order valence-corrected chi connectivity index (χ4v) is 1.75. The first-order valence-electron chi connectivity index (χ1n) is 4.92. The predicted octanol–water partition coefficient (Wildman–Crippen LogP) is 3.09. The number of anilines is 1. The van der Waals surface area contributed by atoms with Gasteiger partial charge in [-0.3, -0.25) is 4.90 Å². The summed E-state index contributed by atoms with van der Waals surface area (Å²) in [6.07, 6.45) is -0.277. The molecule has 15 heavy (non-hydrogen) atoms. The van der Waals surface area contributed by atoms with Crippen LogP contribution in [0.15, 0.2) is 30.3 Å². The van der Waals surface area contributed by atoms with Crippen LogP contribution in [0.1, 0.15) is 0 Å². The van der Waals surface area contributed by atoms with E-state index in [1.807, 2.05) is 50.0 Å². The Morgan fingerprint density at radius 2 is 1.73 bits per heavy atom. The molecule has 0 aliphatic heterocycles. The van der Waals surface area contributed by atoms with Crippen molar-refractivity contribution in [2.45, 2.75) is 19.6 Å². The van der Waals surface area contributed by atoms with Gasteiger partial charge in [0.25, 0.3) is 0 Å². The molecule has 0 fully saturated rings. The van der Waals surface area contributed by atoms with Gasteiger partial charge in [-0.15, -0.1) is 0 Å². The average molecular weight is 223 g/mol. The summed E-state index contributed by atoms with van der Waals surface area (Å²) in [5.41, 5.74) is 0.848. The van der Waals surface area contributed by atoms with E-state index in [9.17, 15) is 4.79 Å². The lowest BCUT2D eigenvalue weighted by atomic mass is 10.3. The van der Waals surface area contributed by atoms with Crippen molar-refractivity contribution in [2.24, 2.45) is 0 Å². The number of rotatable bonds is 2. The summed E-state index contributed by atoms with van der Waals surface area (Å²) in [6.45, 7) is 5.97. The summed E-state index contributed by atoms with van der Waals surface area (Å²) < 4.78 is 5.38. The monoisotopic (exact) mass is 223 g/mol. The van der Waals surface area contributed by atoms with Gasteiger partial charge in [0.2, 0.25) is 8.32 Å². The van der Waals surface area contributed by atoms with Crippen LogP contribution in [0.5, 0.6) is 0 Å². The van der Waals surface area contributed by atoms with Gasteiger partial charge in [0.1, 0.15) is 0 Å². The standard InChI is InChI=1S/C11H17NO2Si/c1-12(10-8-6-5-7-9-10)11(13)14-15(2,3)4/h5-9H,1-4H3. The first-order chi connectivity index (χ1) is 6.90. The van der Waals surface area contributed by atoms with Crippen molar-refractivity contribution in [3.05, 3.63) is 30.3 Å². The Morgan fingerprint density at radius 1 is 1.20 bits per heavy atom. The zero-order valence-electron chi connectivity index (χ0n) is 9.65. The molecule has 0 unspecified atom stereocenters. The zero-order chi connectivity index (χ0) is 11.5. The Hall–Kier alpha value is -1.29. The fraction of sp³-hybridized carbons (Fsp3) is 0.364. The number of hydrogen-bond donors (Lipinski definition) is 0. The summed E-state index contributed by atoms with van der Waals surface area (Å²) in [5, 5.41) is 0. The first kappa shape index (κ1) is 11.8. The molecule has 1 aromatic carbocycles. The van der Waals surface area contributed by atoms with Crippen molar-refractivity contribution < 1.29 is 9.22 Å². The Bertz CT molecular complexity index is 332. The minimum atomic E-state index is -1.81. The van der Waals surface area contributed by atoms with Crippen LogP contribution in [0.25, 0.3) is 0 Å². The van der Waals surface area contributed by atoms with E-state index in [-0.39, 0.29) is 6.09 Å². The Labute approximate surface area is 91.8 Å². The number of carbonyl (C=O) groups is 1. The molecule has 0 aliphatic carbocycles. The molecule has 0 N–H and O–H groups in total. The zero-order valence-corrected chi connectivity index (χ0v) is 10.7. The number of benzene rings is 1. The van der Waals surface area contributed by atoms with Crippen molar-refractivity contribution in [3.63, 3.8) is 0 Å². The summed E-state index contributed by atoms with van der Waals surface area (Å²) in [5.74, 6) is 0. The van der Waals surface area contributed by atoms with Gasteiger partial charge >= 0.3 is 6.09 Å². The lowest BCUT2D eigenvalue weighted by Gasteiger charge is -2.23. The molecule has 1 aromatic rings. The normalized spacial score (nSPS) is 10.9. The van der Waals surface area contributed by atoms with E-state index >= 15 is 0 Å². The second-order valence-corrected chi connectivity index (χ2v) is 8.80. The minimum absolute atomic E-state index is 0.277. The van der Waals surface area contributed by atoms with Gasteiger partial charge in [-0.2, -0.15) is 0 Å². The third-order valence-electron chi connectivity index (χ3n) is 1.81. The van der Waals surface area contributed by atoms with Gasteiger partial charge < -0.3 is 4.43 Å². The smallest absolute Gasteiger partial charge is 0.400 e. The summed E-state index contributed by atoms with van der Waals surface area (Å²) in [4.78, 5) is 13.2. The van der Waals surface area contributed by atoms with E-state index in [0.717, 1.165) is 5.69 Å². The topological polar surface area (TPSA) is 29.5 Å². The van der Waals surface area contributed by atoms with Gasteiger partial charge in [-0.05, 0) is 31.8 Å². The van der Waals surface area contributed by atoms with Crippen molar-refractivity contribution in [3.8, 4) is 0 Å². The first-order valence-corrected chi connectivity index (χ1v) is 8.33. The molecular weight excluding hydrogens is 206 g/mol. The largest absolute Gasteiger partial charge is 0.504 e. The highest BCUT2D eigenvalue weighted by Crippen LogP contribution is 2.14. The van der Waals surface area contributed by atoms with Gasteiger partial charge in [0.15, 0.2) is 0 Å². The fourth-order valence-electron chi connectivity index (χ4n) is 1.09. The molecule has 0 atom stereocenters. The van der Waals surface area contributed by atoms with Crippen LogP contribution in [0.2, 0.25) is 19.6 Å². The second-order valence-electron chi connectivity index (χ2n) is 4.37. The second kappa shape index (κ2) is 4.48. The summed E-state index contributed by atoms with van der Waals surface area (Å²) >= 11 is 0. The molecule has 0 bridgehead atoms. The molecule has 0 aromatic heterocycles. The maximum atomic E-state index is 11.7. The Morgan fingerprint density at radius 3 is 2.20 bits per heavy atom. The Balaban J connectivity index is 2.70. The van der Waals surface area contributed by atoms with Gasteiger partial charge in [0, 0.05) is 12.7 Å². The third kappa shape index (κ3) is 3.75. The molecule has 0 radical (unpaired) electrons. The molecule has 0 saturated heterocycles. The number of amides is 1. The number of hydrogen-bond acceptors (Lipinski definition) is 2. The summed E-state index contributed by atoms with van der Waals surface area (Å²) in [7, 11) is -0.0871. The lowest BCUT2D eigenvalue weighted by Crippen LogP contribution is -2.37. The third-order valence-corrected chi connectivity index (χ3v) is 2.60. The number of para-hydroxylation sites is 1. The average Bonchev–Trinajstić information content (AvgIpc) is 2.15. The van der Waals surface area contributed by atoms with E-state index in [0.29, 0.717) is 0 Å². The van der Waals surface area contributed by atoms with Crippen LogP contribution in [-0.2, 0) is 4.43 Å². The molecule has 1 amide bonds. The Kier molecular flexibility index (Phi) is 3.52. The quantitative estimate of drug-likeness (QED) is 0.721. The molecule has 0 spiro atoms.